The zero-order valence-corrected chi connectivity index (χ0v) is 14.1. The van der Waals surface area contributed by atoms with Gasteiger partial charge in [0, 0.05) is 37.3 Å². The number of carbonyl (C=O) groups excluding carboxylic acids is 1. The van der Waals surface area contributed by atoms with Gasteiger partial charge in [0.15, 0.2) is 0 Å². The van der Waals surface area contributed by atoms with Crippen molar-refractivity contribution in [3.8, 4) is 0 Å². The summed E-state index contributed by atoms with van der Waals surface area (Å²) in [6.07, 6.45) is 1.74. The molecule has 0 aliphatic rings. The third-order valence-electron chi connectivity index (χ3n) is 3.14. The summed E-state index contributed by atoms with van der Waals surface area (Å²) in [6.45, 7) is 4.86. The molecule has 2 aromatic rings. The van der Waals surface area contributed by atoms with Crippen LogP contribution in [0.15, 0.2) is 18.3 Å². The van der Waals surface area contributed by atoms with E-state index in [0.717, 1.165) is 27.0 Å². The topological polar surface area (TPSA) is 70.1 Å². The number of rotatable bonds is 5. The van der Waals surface area contributed by atoms with E-state index in [1.807, 2.05) is 45.0 Å². The maximum Gasteiger partial charge on any atom is 0.315 e. The monoisotopic (exact) mass is 319 g/mol. The summed E-state index contributed by atoms with van der Waals surface area (Å²) in [5, 5.41) is 6.73. The van der Waals surface area contributed by atoms with Crippen LogP contribution in [0.2, 0.25) is 0 Å². The highest BCUT2D eigenvalue weighted by Crippen LogP contribution is 2.16. The smallest absolute Gasteiger partial charge is 0.315 e. The van der Waals surface area contributed by atoms with E-state index in [0.29, 0.717) is 13.1 Å². The summed E-state index contributed by atoms with van der Waals surface area (Å²) in [5.41, 5.74) is 1.96. The molecule has 0 saturated carbocycles. The Kier molecular flexibility index (Phi) is 5.32. The van der Waals surface area contributed by atoms with Gasteiger partial charge in [0.1, 0.15) is 5.82 Å². The van der Waals surface area contributed by atoms with Gasteiger partial charge in [-0.15, -0.1) is 11.3 Å². The van der Waals surface area contributed by atoms with Crippen molar-refractivity contribution in [3.63, 3.8) is 0 Å². The zero-order valence-electron chi connectivity index (χ0n) is 13.3. The Bertz CT molecular complexity index is 653. The number of hydrogen-bond donors (Lipinski definition) is 2. The van der Waals surface area contributed by atoms with Gasteiger partial charge in [0.25, 0.3) is 0 Å². The first kappa shape index (κ1) is 16.2. The number of nitrogens with zero attached hydrogens (tertiary/aromatic N) is 3. The maximum absolute atomic E-state index is 11.9. The molecule has 22 heavy (non-hydrogen) atoms. The number of urea groups is 1. The second-order valence-corrected chi connectivity index (χ2v) is 6.45. The Morgan fingerprint density at radius 1 is 1.27 bits per heavy atom. The summed E-state index contributed by atoms with van der Waals surface area (Å²) in [4.78, 5) is 23.6. The molecular weight excluding hydrogens is 298 g/mol. The molecular formula is C15H21N5OS. The van der Waals surface area contributed by atoms with Crippen LogP contribution in [0.4, 0.5) is 10.6 Å². The SMILES string of the molecule is Cc1nc(C)c(CNC(=O)NCc2cccnc2N(C)C)s1. The predicted octanol–water partition coefficient (Wildman–Crippen LogP) is 2.22. The third kappa shape index (κ3) is 4.17. The summed E-state index contributed by atoms with van der Waals surface area (Å²) < 4.78 is 0. The summed E-state index contributed by atoms with van der Waals surface area (Å²) in [7, 11) is 3.86. The van der Waals surface area contributed by atoms with E-state index in [1.54, 1.807) is 17.5 Å². The van der Waals surface area contributed by atoms with Gasteiger partial charge in [-0.2, -0.15) is 0 Å². The lowest BCUT2D eigenvalue weighted by molar-refractivity contribution is 0.240. The highest BCUT2D eigenvalue weighted by Gasteiger charge is 2.09. The summed E-state index contributed by atoms with van der Waals surface area (Å²) in [6, 6.07) is 3.63. The fourth-order valence-electron chi connectivity index (χ4n) is 2.11. The second kappa shape index (κ2) is 7.22. The minimum Gasteiger partial charge on any atom is -0.362 e. The fraction of sp³-hybridized carbons (Fsp3) is 0.400. The van der Waals surface area contributed by atoms with Gasteiger partial charge in [0.2, 0.25) is 0 Å². The van der Waals surface area contributed by atoms with Crippen molar-refractivity contribution in [1.82, 2.24) is 20.6 Å². The van der Waals surface area contributed by atoms with E-state index in [2.05, 4.69) is 20.6 Å². The van der Waals surface area contributed by atoms with Crippen LogP contribution in [0.25, 0.3) is 0 Å². The number of amides is 2. The van der Waals surface area contributed by atoms with Gasteiger partial charge in [-0.05, 0) is 19.9 Å². The number of aryl methyl sites for hydroxylation is 2. The number of nitrogens with one attached hydrogen (secondary N) is 2. The van der Waals surface area contributed by atoms with E-state index < -0.39 is 0 Å². The molecule has 0 bridgehead atoms. The Morgan fingerprint density at radius 3 is 2.64 bits per heavy atom. The van der Waals surface area contributed by atoms with Crippen LogP contribution in [0, 0.1) is 13.8 Å². The van der Waals surface area contributed by atoms with E-state index in [9.17, 15) is 4.79 Å². The molecule has 0 radical (unpaired) electrons. The van der Waals surface area contributed by atoms with E-state index in [-0.39, 0.29) is 6.03 Å². The lowest BCUT2D eigenvalue weighted by Gasteiger charge is -2.16. The first-order valence-corrected chi connectivity index (χ1v) is 7.85. The Labute approximate surface area is 134 Å². The van der Waals surface area contributed by atoms with Crippen LogP contribution >= 0.6 is 11.3 Å². The molecule has 0 saturated heterocycles. The Hall–Kier alpha value is -2.15. The van der Waals surface area contributed by atoms with Crippen LogP contribution in [0.5, 0.6) is 0 Å². The van der Waals surface area contributed by atoms with Crippen LogP contribution in [0.1, 0.15) is 21.1 Å². The molecule has 0 aromatic carbocycles. The Balaban J connectivity index is 1.87. The van der Waals surface area contributed by atoms with Gasteiger partial charge in [-0.1, -0.05) is 6.07 Å². The molecule has 118 valence electrons. The zero-order chi connectivity index (χ0) is 16.1. The number of carbonyl (C=O) groups is 1. The molecule has 2 rings (SSSR count). The molecule has 6 nitrogen and oxygen atoms in total. The number of thiazole rings is 1. The van der Waals surface area contributed by atoms with Crippen LogP contribution in [0.3, 0.4) is 0 Å². The molecule has 2 N–H and O–H groups in total. The van der Waals surface area contributed by atoms with E-state index >= 15 is 0 Å². The van der Waals surface area contributed by atoms with Crippen molar-refractivity contribution in [2.24, 2.45) is 0 Å². The molecule has 0 unspecified atom stereocenters. The first-order chi connectivity index (χ1) is 10.5. The Morgan fingerprint density at radius 2 is 2.00 bits per heavy atom. The average molecular weight is 319 g/mol. The number of aromatic nitrogens is 2. The lowest BCUT2D eigenvalue weighted by Crippen LogP contribution is -2.34. The predicted molar refractivity (Wildman–Crippen MR) is 89.2 cm³/mol. The van der Waals surface area contributed by atoms with Crippen LogP contribution in [-0.2, 0) is 13.1 Å². The molecule has 0 aliphatic carbocycles. The highest BCUT2D eigenvalue weighted by atomic mass is 32.1. The molecule has 0 aliphatic heterocycles. The standard InChI is InChI=1S/C15H21N5OS/c1-10-13(22-11(2)19-10)9-18-15(21)17-8-12-6-5-7-16-14(12)20(3)4/h5-7H,8-9H2,1-4H3,(H2,17,18,21). The van der Waals surface area contributed by atoms with Crippen molar-refractivity contribution in [3.05, 3.63) is 39.5 Å². The van der Waals surface area contributed by atoms with Gasteiger partial charge in [-0.25, -0.2) is 14.8 Å². The van der Waals surface area contributed by atoms with Crippen LogP contribution in [-0.4, -0.2) is 30.1 Å². The third-order valence-corrected chi connectivity index (χ3v) is 4.21. The number of hydrogen-bond acceptors (Lipinski definition) is 5. The van der Waals surface area contributed by atoms with Gasteiger partial charge in [0.05, 0.1) is 17.2 Å². The van der Waals surface area contributed by atoms with Gasteiger partial charge < -0.3 is 15.5 Å². The fourth-order valence-corrected chi connectivity index (χ4v) is 2.98. The van der Waals surface area contributed by atoms with Crippen LogP contribution < -0.4 is 15.5 Å². The normalized spacial score (nSPS) is 10.4. The van der Waals surface area contributed by atoms with Crippen molar-refractivity contribution in [2.45, 2.75) is 26.9 Å². The van der Waals surface area contributed by atoms with E-state index in [4.69, 9.17) is 0 Å². The molecule has 2 aromatic heterocycles. The largest absolute Gasteiger partial charge is 0.362 e. The highest BCUT2D eigenvalue weighted by molar-refractivity contribution is 7.11. The average Bonchev–Trinajstić information content (AvgIpc) is 2.81. The minimum atomic E-state index is -0.195. The van der Waals surface area contributed by atoms with Gasteiger partial charge >= 0.3 is 6.03 Å². The first-order valence-electron chi connectivity index (χ1n) is 7.03. The quantitative estimate of drug-likeness (QED) is 0.886. The maximum atomic E-state index is 11.9. The summed E-state index contributed by atoms with van der Waals surface area (Å²) in [5.74, 6) is 0.858. The number of anilines is 1. The van der Waals surface area contributed by atoms with Crippen molar-refractivity contribution < 1.29 is 4.79 Å². The summed E-state index contributed by atoms with van der Waals surface area (Å²) >= 11 is 1.61. The van der Waals surface area contributed by atoms with E-state index in [1.165, 1.54) is 0 Å². The number of pyridine rings is 1. The minimum absolute atomic E-state index is 0.195. The molecule has 0 atom stereocenters. The van der Waals surface area contributed by atoms with Crippen molar-refractivity contribution in [2.75, 3.05) is 19.0 Å². The second-order valence-electron chi connectivity index (χ2n) is 5.16. The molecule has 0 spiro atoms. The van der Waals surface area contributed by atoms with Crippen molar-refractivity contribution >= 4 is 23.2 Å². The van der Waals surface area contributed by atoms with Gasteiger partial charge in [-0.3, -0.25) is 0 Å². The molecule has 2 heterocycles. The lowest BCUT2D eigenvalue weighted by atomic mass is 10.2. The molecule has 0 fully saturated rings. The molecule has 7 heteroatoms. The molecule has 2 amide bonds. The van der Waals surface area contributed by atoms with Crippen molar-refractivity contribution in [1.29, 1.82) is 0 Å².